The average molecular weight is 220 g/mol. The average Bonchev–Trinajstić information content (AvgIpc) is 2.19. The van der Waals surface area contributed by atoms with Gasteiger partial charge in [0.25, 0.3) is 0 Å². The summed E-state index contributed by atoms with van der Waals surface area (Å²) in [6.07, 6.45) is 2.98. The normalized spacial score (nSPS) is 29.3. The van der Waals surface area contributed by atoms with Crippen LogP contribution in [0.25, 0.3) is 0 Å². The van der Waals surface area contributed by atoms with E-state index in [1.54, 1.807) is 0 Å². The van der Waals surface area contributed by atoms with E-state index in [1.807, 2.05) is 4.67 Å². The van der Waals surface area contributed by atoms with Crippen molar-refractivity contribution in [3.05, 3.63) is 0 Å². The molecule has 1 rings (SSSR count). The predicted molar refractivity (Wildman–Crippen MR) is 58.3 cm³/mol. The lowest BCUT2D eigenvalue weighted by Gasteiger charge is -2.34. The van der Waals surface area contributed by atoms with Crippen LogP contribution in [0.4, 0.5) is 0 Å². The lowest BCUT2D eigenvalue weighted by atomic mass is 10.4. The van der Waals surface area contributed by atoms with Crippen molar-refractivity contribution < 1.29 is 9.09 Å². The van der Waals surface area contributed by atoms with E-state index in [2.05, 4.69) is 18.9 Å². The molecule has 0 radical (unpaired) electrons. The topological polar surface area (TPSA) is 41.6 Å². The molecule has 84 valence electrons. The molecule has 0 saturated carbocycles. The van der Waals surface area contributed by atoms with Crippen molar-refractivity contribution in [2.75, 3.05) is 26.2 Å². The third-order valence-corrected chi connectivity index (χ3v) is 4.54. The highest BCUT2D eigenvalue weighted by molar-refractivity contribution is 7.54. The maximum absolute atomic E-state index is 12.3. The Balaban J connectivity index is 2.55. The minimum Gasteiger partial charge on any atom is -0.306 e. The zero-order valence-corrected chi connectivity index (χ0v) is 10.1. The van der Waals surface area contributed by atoms with Crippen molar-refractivity contribution in [1.82, 2.24) is 9.76 Å². The SMILES string of the molecule is CCCNP1(=O)OCCCN1CCC. The summed E-state index contributed by atoms with van der Waals surface area (Å²) >= 11 is 0. The van der Waals surface area contributed by atoms with Gasteiger partial charge in [0.1, 0.15) is 0 Å². The van der Waals surface area contributed by atoms with Crippen molar-refractivity contribution in [1.29, 1.82) is 0 Å². The van der Waals surface area contributed by atoms with E-state index in [0.717, 1.165) is 38.9 Å². The Morgan fingerprint density at radius 2 is 2.21 bits per heavy atom. The molecular weight excluding hydrogens is 199 g/mol. The molecule has 0 spiro atoms. The van der Waals surface area contributed by atoms with E-state index in [1.165, 1.54) is 0 Å². The van der Waals surface area contributed by atoms with Gasteiger partial charge in [0.2, 0.25) is 0 Å². The van der Waals surface area contributed by atoms with Gasteiger partial charge in [-0.05, 0) is 19.3 Å². The van der Waals surface area contributed by atoms with Crippen molar-refractivity contribution >= 4 is 7.67 Å². The predicted octanol–water partition coefficient (Wildman–Crippen LogP) is 2.23. The van der Waals surface area contributed by atoms with Gasteiger partial charge in [0, 0.05) is 19.6 Å². The van der Waals surface area contributed by atoms with E-state index in [9.17, 15) is 4.57 Å². The van der Waals surface area contributed by atoms with Crippen LogP contribution in [0, 0.1) is 0 Å². The molecule has 5 heteroatoms. The van der Waals surface area contributed by atoms with Gasteiger partial charge in [-0.3, -0.25) is 4.57 Å². The number of hydrogen-bond donors (Lipinski definition) is 1. The summed E-state index contributed by atoms with van der Waals surface area (Å²) < 4.78 is 19.7. The molecule has 1 atom stereocenters. The Kier molecular flexibility index (Phi) is 5.10. The molecule has 1 aliphatic heterocycles. The number of nitrogens with zero attached hydrogens (tertiary/aromatic N) is 1. The highest BCUT2D eigenvalue weighted by Crippen LogP contribution is 2.48. The lowest BCUT2D eigenvalue weighted by Crippen LogP contribution is -2.35. The first-order chi connectivity index (χ1) is 6.73. The molecule has 1 unspecified atom stereocenters. The minimum absolute atomic E-state index is 0.619. The fourth-order valence-electron chi connectivity index (χ4n) is 1.55. The molecule has 0 aromatic rings. The quantitative estimate of drug-likeness (QED) is 0.721. The van der Waals surface area contributed by atoms with Gasteiger partial charge in [-0.2, -0.15) is 0 Å². The fourth-order valence-corrected chi connectivity index (χ4v) is 3.75. The summed E-state index contributed by atoms with van der Waals surface area (Å²) in [7, 11) is -2.67. The van der Waals surface area contributed by atoms with Crippen molar-refractivity contribution in [2.24, 2.45) is 0 Å². The molecule has 1 heterocycles. The third-order valence-electron chi connectivity index (χ3n) is 2.24. The van der Waals surface area contributed by atoms with E-state index in [0.29, 0.717) is 6.61 Å². The van der Waals surface area contributed by atoms with Crippen LogP contribution in [0.2, 0.25) is 0 Å². The Hall–Kier alpha value is 0.110. The molecule has 14 heavy (non-hydrogen) atoms. The van der Waals surface area contributed by atoms with Gasteiger partial charge >= 0.3 is 7.67 Å². The number of nitrogens with one attached hydrogen (secondary N) is 1. The van der Waals surface area contributed by atoms with Crippen LogP contribution in [0.1, 0.15) is 33.1 Å². The zero-order chi connectivity index (χ0) is 10.4. The standard InChI is InChI=1S/C9H21N2O2P/c1-3-6-10-14(12)11(7-4-2)8-5-9-13-14/h3-9H2,1-2H3,(H,10,12). The molecule has 1 saturated heterocycles. The summed E-state index contributed by atoms with van der Waals surface area (Å²) in [5.41, 5.74) is 0. The van der Waals surface area contributed by atoms with Gasteiger partial charge in [0.15, 0.2) is 0 Å². The Morgan fingerprint density at radius 1 is 1.43 bits per heavy atom. The number of rotatable bonds is 5. The van der Waals surface area contributed by atoms with Gasteiger partial charge in [0.05, 0.1) is 6.61 Å². The van der Waals surface area contributed by atoms with Crippen LogP contribution in [0.3, 0.4) is 0 Å². The second-order valence-corrected chi connectivity index (χ2v) is 5.75. The maximum Gasteiger partial charge on any atom is 0.343 e. The summed E-state index contributed by atoms with van der Waals surface area (Å²) in [4.78, 5) is 0. The van der Waals surface area contributed by atoms with Gasteiger partial charge in [-0.15, -0.1) is 0 Å². The molecule has 1 fully saturated rings. The highest BCUT2D eigenvalue weighted by atomic mass is 31.2. The van der Waals surface area contributed by atoms with E-state index >= 15 is 0 Å². The molecular formula is C9H21N2O2P. The van der Waals surface area contributed by atoms with Crippen LogP contribution in [0.5, 0.6) is 0 Å². The van der Waals surface area contributed by atoms with E-state index in [-0.39, 0.29) is 0 Å². The summed E-state index contributed by atoms with van der Waals surface area (Å²) in [5.74, 6) is 0. The third kappa shape index (κ3) is 3.06. The summed E-state index contributed by atoms with van der Waals surface area (Å²) in [6, 6.07) is 0. The first-order valence-corrected chi connectivity index (χ1v) is 7.06. The molecule has 1 N–H and O–H groups in total. The lowest BCUT2D eigenvalue weighted by molar-refractivity contribution is 0.199. The number of hydrogen-bond acceptors (Lipinski definition) is 2. The molecule has 1 aliphatic rings. The van der Waals surface area contributed by atoms with E-state index in [4.69, 9.17) is 4.52 Å². The monoisotopic (exact) mass is 220 g/mol. The Morgan fingerprint density at radius 3 is 2.86 bits per heavy atom. The maximum atomic E-state index is 12.3. The van der Waals surface area contributed by atoms with Crippen LogP contribution < -0.4 is 5.09 Å². The highest BCUT2D eigenvalue weighted by Gasteiger charge is 2.33. The van der Waals surface area contributed by atoms with Gasteiger partial charge in [-0.25, -0.2) is 9.76 Å². The molecule has 0 bridgehead atoms. The van der Waals surface area contributed by atoms with Crippen LogP contribution in [0.15, 0.2) is 0 Å². The molecule has 0 aromatic heterocycles. The van der Waals surface area contributed by atoms with Crippen molar-refractivity contribution in [2.45, 2.75) is 33.1 Å². The van der Waals surface area contributed by atoms with Crippen LogP contribution in [-0.4, -0.2) is 30.9 Å². The molecule has 0 amide bonds. The molecule has 0 aromatic carbocycles. The van der Waals surface area contributed by atoms with Crippen LogP contribution in [-0.2, 0) is 9.09 Å². The summed E-state index contributed by atoms with van der Waals surface area (Å²) in [5, 5.41) is 3.04. The minimum atomic E-state index is -2.67. The Labute approximate surface area is 86.6 Å². The molecule has 0 aliphatic carbocycles. The van der Waals surface area contributed by atoms with Crippen LogP contribution >= 0.6 is 7.67 Å². The fraction of sp³-hybridized carbons (Fsp3) is 1.00. The largest absolute Gasteiger partial charge is 0.343 e. The van der Waals surface area contributed by atoms with Crippen molar-refractivity contribution in [3.8, 4) is 0 Å². The first-order valence-electron chi connectivity index (χ1n) is 5.48. The second kappa shape index (κ2) is 5.86. The first kappa shape index (κ1) is 12.2. The van der Waals surface area contributed by atoms with E-state index < -0.39 is 7.67 Å². The smallest absolute Gasteiger partial charge is 0.306 e. The Bertz CT molecular complexity index is 209. The van der Waals surface area contributed by atoms with Crippen molar-refractivity contribution in [3.63, 3.8) is 0 Å². The second-order valence-electron chi connectivity index (χ2n) is 3.57. The molecule has 4 nitrogen and oxygen atoms in total. The van der Waals surface area contributed by atoms with Gasteiger partial charge < -0.3 is 4.52 Å². The zero-order valence-electron chi connectivity index (χ0n) is 9.16. The van der Waals surface area contributed by atoms with Gasteiger partial charge in [-0.1, -0.05) is 13.8 Å². The summed E-state index contributed by atoms with van der Waals surface area (Å²) in [6.45, 7) is 7.29.